The summed E-state index contributed by atoms with van der Waals surface area (Å²) >= 11 is 0. The molecule has 0 amide bonds. The zero-order valence-corrected chi connectivity index (χ0v) is 10.6. The first kappa shape index (κ1) is 10.4. The largest absolute Gasteiger partial charge is 0.0729 e. The molecule has 18 heavy (non-hydrogen) atoms. The molecule has 90 valence electrons. The van der Waals surface area contributed by atoms with E-state index >= 15 is 0 Å². The van der Waals surface area contributed by atoms with Crippen LogP contribution in [-0.2, 0) is 0 Å². The highest BCUT2D eigenvalue weighted by Gasteiger charge is 2.23. The van der Waals surface area contributed by atoms with E-state index in [-0.39, 0.29) is 0 Å². The average Bonchev–Trinajstić information content (AvgIpc) is 2.42. The maximum absolute atomic E-state index is 2.53. The molecule has 2 aromatic carbocycles. The van der Waals surface area contributed by atoms with Crippen molar-refractivity contribution in [2.24, 2.45) is 11.8 Å². The lowest BCUT2D eigenvalue weighted by Crippen LogP contribution is -2.34. The molecule has 0 N–H and O–H groups in total. The summed E-state index contributed by atoms with van der Waals surface area (Å²) in [7, 11) is 0. The second-order valence-electron chi connectivity index (χ2n) is 5.77. The van der Waals surface area contributed by atoms with E-state index in [1.807, 2.05) is 0 Å². The Morgan fingerprint density at radius 2 is 1.22 bits per heavy atom. The summed E-state index contributed by atoms with van der Waals surface area (Å²) in [6, 6.07) is 13.4. The molecule has 2 aromatic rings. The third-order valence-electron chi connectivity index (χ3n) is 4.61. The summed E-state index contributed by atoms with van der Waals surface area (Å²) in [4.78, 5) is 0. The molecule has 1 fully saturated rings. The van der Waals surface area contributed by atoms with Crippen molar-refractivity contribution < 1.29 is 0 Å². The van der Waals surface area contributed by atoms with Crippen LogP contribution in [0.2, 0.25) is 0 Å². The first-order valence-corrected chi connectivity index (χ1v) is 7.13. The van der Waals surface area contributed by atoms with E-state index in [0.717, 1.165) is 11.8 Å². The molecule has 0 spiro atoms. The molecule has 0 aliphatic heterocycles. The predicted molar refractivity (Wildman–Crippen MR) is 77.6 cm³/mol. The summed E-state index contributed by atoms with van der Waals surface area (Å²) in [5.41, 5.74) is 0. The van der Waals surface area contributed by atoms with Crippen LogP contribution in [0.1, 0.15) is 25.7 Å². The van der Waals surface area contributed by atoms with Crippen LogP contribution in [-0.4, -0.2) is 0 Å². The van der Waals surface area contributed by atoms with E-state index in [1.165, 1.54) is 46.9 Å². The fourth-order valence-corrected chi connectivity index (χ4v) is 3.63. The lowest BCUT2D eigenvalue weighted by molar-refractivity contribution is 0.366. The summed E-state index contributed by atoms with van der Waals surface area (Å²) < 4.78 is 0. The lowest BCUT2D eigenvalue weighted by Gasteiger charge is -2.29. The molecule has 4 rings (SSSR count). The van der Waals surface area contributed by atoms with E-state index in [9.17, 15) is 0 Å². The Morgan fingerprint density at radius 1 is 0.722 bits per heavy atom. The van der Waals surface area contributed by atoms with Gasteiger partial charge in [0.05, 0.1) is 0 Å². The normalized spacial score (nSPS) is 25.8. The first-order chi connectivity index (χ1) is 8.90. The molecule has 0 saturated heterocycles. The highest BCUT2D eigenvalue weighted by Crippen LogP contribution is 2.33. The van der Waals surface area contributed by atoms with Crippen LogP contribution in [0.25, 0.3) is 22.9 Å². The standard InChI is InChI=1S/C18H18/c1-2-6-14-10-18-12-16-8-4-3-7-15(16)11-17(18)9-13(14)5-1/h1-2,5-6,9-12,15-16H,3-4,7-8H2. The van der Waals surface area contributed by atoms with Gasteiger partial charge in [-0.3, -0.25) is 0 Å². The van der Waals surface area contributed by atoms with Crippen LogP contribution < -0.4 is 10.4 Å². The van der Waals surface area contributed by atoms with E-state index in [2.05, 4.69) is 48.6 Å². The van der Waals surface area contributed by atoms with Gasteiger partial charge in [0.1, 0.15) is 0 Å². The number of benzene rings is 2. The lowest BCUT2D eigenvalue weighted by atomic mass is 9.76. The topological polar surface area (TPSA) is 0 Å². The Hall–Kier alpha value is -1.56. The minimum atomic E-state index is 0.799. The number of hydrogen-bond acceptors (Lipinski definition) is 0. The Balaban J connectivity index is 1.99. The van der Waals surface area contributed by atoms with Gasteiger partial charge in [0, 0.05) is 0 Å². The van der Waals surface area contributed by atoms with Gasteiger partial charge in [-0.1, -0.05) is 49.3 Å². The molecule has 0 radical (unpaired) electrons. The summed E-state index contributed by atoms with van der Waals surface area (Å²) in [6.45, 7) is 0. The SMILES string of the molecule is C1=c2cc3ccccc3cc2=CC2CCCCC12. The molecular weight excluding hydrogens is 216 g/mol. The highest BCUT2D eigenvalue weighted by molar-refractivity contribution is 5.83. The number of fused-ring (bicyclic) bond motifs is 3. The van der Waals surface area contributed by atoms with E-state index < -0.39 is 0 Å². The molecule has 2 aliphatic carbocycles. The van der Waals surface area contributed by atoms with Crippen molar-refractivity contribution in [2.75, 3.05) is 0 Å². The van der Waals surface area contributed by atoms with Gasteiger partial charge >= 0.3 is 0 Å². The molecule has 1 saturated carbocycles. The molecule has 0 nitrogen and oxygen atoms in total. The summed E-state index contributed by atoms with van der Waals surface area (Å²) in [5.74, 6) is 1.60. The second kappa shape index (κ2) is 3.98. The Kier molecular flexibility index (Phi) is 2.29. The van der Waals surface area contributed by atoms with Gasteiger partial charge in [0.2, 0.25) is 0 Å². The predicted octanol–water partition coefficient (Wildman–Crippen LogP) is 3.22. The van der Waals surface area contributed by atoms with E-state index in [4.69, 9.17) is 0 Å². The van der Waals surface area contributed by atoms with Crippen molar-refractivity contribution >= 4 is 22.9 Å². The van der Waals surface area contributed by atoms with Crippen molar-refractivity contribution in [3.8, 4) is 0 Å². The molecule has 2 unspecified atom stereocenters. The van der Waals surface area contributed by atoms with Crippen LogP contribution >= 0.6 is 0 Å². The third-order valence-corrected chi connectivity index (χ3v) is 4.61. The van der Waals surface area contributed by atoms with Crippen molar-refractivity contribution in [1.29, 1.82) is 0 Å². The van der Waals surface area contributed by atoms with Gasteiger partial charge in [0.25, 0.3) is 0 Å². The Bertz CT molecular complexity index is 646. The monoisotopic (exact) mass is 234 g/mol. The van der Waals surface area contributed by atoms with Gasteiger partial charge in [0.15, 0.2) is 0 Å². The highest BCUT2D eigenvalue weighted by atomic mass is 14.3. The Labute approximate surface area is 108 Å². The minimum absolute atomic E-state index is 0.799. The number of hydrogen-bond donors (Lipinski definition) is 0. The number of rotatable bonds is 0. The molecule has 0 aromatic heterocycles. The van der Waals surface area contributed by atoms with Gasteiger partial charge in [-0.2, -0.15) is 0 Å². The van der Waals surface area contributed by atoms with Crippen molar-refractivity contribution in [3.63, 3.8) is 0 Å². The Morgan fingerprint density at radius 3 is 1.72 bits per heavy atom. The van der Waals surface area contributed by atoms with Crippen LogP contribution in [0, 0.1) is 11.8 Å². The fourth-order valence-electron chi connectivity index (χ4n) is 3.63. The van der Waals surface area contributed by atoms with Crippen molar-refractivity contribution in [2.45, 2.75) is 25.7 Å². The molecular formula is C18H18. The van der Waals surface area contributed by atoms with Gasteiger partial charge in [-0.15, -0.1) is 0 Å². The van der Waals surface area contributed by atoms with Crippen molar-refractivity contribution in [1.82, 2.24) is 0 Å². The fraction of sp³-hybridized carbons (Fsp3) is 0.333. The quantitative estimate of drug-likeness (QED) is 0.656. The van der Waals surface area contributed by atoms with Gasteiger partial charge < -0.3 is 0 Å². The zero-order valence-electron chi connectivity index (χ0n) is 10.6. The molecule has 0 heteroatoms. The smallest absolute Gasteiger partial charge is 0.0161 e. The molecule has 0 bridgehead atoms. The van der Waals surface area contributed by atoms with Crippen LogP contribution in [0.4, 0.5) is 0 Å². The van der Waals surface area contributed by atoms with E-state index in [0.29, 0.717) is 0 Å². The molecule has 0 heterocycles. The van der Waals surface area contributed by atoms with Crippen LogP contribution in [0.3, 0.4) is 0 Å². The maximum atomic E-state index is 2.53. The minimum Gasteiger partial charge on any atom is -0.0729 e. The maximum Gasteiger partial charge on any atom is -0.0161 e. The first-order valence-electron chi connectivity index (χ1n) is 7.13. The zero-order chi connectivity index (χ0) is 11.9. The summed E-state index contributed by atoms with van der Waals surface area (Å²) in [5, 5.41) is 5.65. The average molecular weight is 234 g/mol. The third kappa shape index (κ3) is 1.59. The molecule has 2 aliphatic rings. The second-order valence-corrected chi connectivity index (χ2v) is 5.77. The van der Waals surface area contributed by atoms with Gasteiger partial charge in [-0.25, -0.2) is 0 Å². The summed E-state index contributed by atoms with van der Waals surface area (Å²) in [6.07, 6.45) is 10.7. The molecule has 2 atom stereocenters. The van der Waals surface area contributed by atoms with Crippen LogP contribution in [0.5, 0.6) is 0 Å². The van der Waals surface area contributed by atoms with E-state index in [1.54, 1.807) is 0 Å². The van der Waals surface area contributed by atoms with Gasteiger partial charge in [-0.05, 0) is 58.0 Å². The van der Waals surface area contributed by atoms with Crippen molar-refractivity contribution in [3.05, 3.63) is 46.8 Å². The van der Waals surface area contributed by atoms with Crippen LogP contribution in [0.15, 0.2) is 36.4 Å².